The molecule has 1 aromatic heterocycles. The molecule has 6 heteroatoms. The minimum atomic E-state index is 0.424. The molecule has 1 heterocycles. The van der Waals surface area contributed by atoms with Gasteiger partial charge in [0, 0.05) is 0 Å². The Bertz CT molecular complexity index is 262. The van der Waals surface area contributed by atoms with Crippen LogP contribution >= 0.6 is 0 Å². The highest BCUT2D eigenvalue weighted by Crippen LogP contribution is 1.90. The Balaban J connectivity index is 2.85. The highest BCUT2D eigenvalue weighted by Gasteiger charge is 1.91. The summed E-state index contributed by atoms with van der Waals surface area (Å²) in [6.07, 6.45) is 2.29. The molecule has 0 radical (unpaired) electrons. The molecule has 62 valence electrons. The van der Waals surface area contributed by atoms with Gasteiger partial charge in [0.1, 0.15) is 11.4 Å². The SMILES string of the molecule is O/N=C/c1ccc(/C=N/O)nn1. The maximum absolute atomic E-state index is 8.13. The van der Waals surface area contributed by atoms with Crippen molar-refractivity contribution in [2.24, 2.45) is 10.3 Å². The lowest BCUT2D eigenvalue weighted by atomic mass is 10.3. The Morgan fingerprint density at radius 3 is 1.67 bits per heavy atom. The van der Waals surface area contributed by atoms with Crippen molar-refractivity contribution in [3.8, 4) is 0 Å². The van der Waals surface area contributed by atoms with Crippen LogP contribution < -0.4 is 0 Å². The zero-order valence-corrected chi connectivity index (χ0v) is 5.99. The zero-order chi connectivity index (χ0) is 8.81. The lowest BCUT2D eigenvalue weighted by Gasteiger charge is -1.89. The fourth-order valence-electron chi connectivity index (χ4n) is 0.609. The van der Waals surface area contributed by atoms with E-state index >= 15 is 0 Å². The van der Waals surface area contributed by atoms with Crippen LogP contribution in [-0.4, -0.2) is 33.0 Å². The highest BCUT2D eigenvalue weighted by atomic mass is 16.4. The summed E-state index contributed by atoms with van der Waals surface area (Å²) in [6, 6.07) is 3.15. The van der Waals surface area contributed by atoms with E-state index in [-0.39, 0.29) is 0 Å². The van der Waals surface area contributed by atoms with Crippen molar-refractivity contribution in [2.75, 3.05) is 0 Å². The first-order valence-corrected chi connectivity index (χ1v) is 3.05. The third-order valence-corrected chi connectivity index (χ3v) is 1.09. The van der Waals surface area contributed by atoms with E-state index in [0.717, 1.165) is 12.4 Å². The molecule has 0 spiro atoms. The standard InChI is InChI=1S/C6H6N4O2/c11-7-3-5-1-2-6(4-8-12)10-9-5/h1-4,11-12H/b7-3+,8-4+. The van der Waals surface area contributed by atoms with Gasteiger partial charge in [0.15, 0.2) is 0 Å². The lowest BCUT2D eigenvalue weighted by molar-refractivity contribution is 0.321. The third kappa shape index (κ3) is 2.01. The predicted octanol–water partition coefficient (Wildman–Crippen LogP) is 0.0928. The van der Waals surface area contributed by atoms with Gasteiger partial charge in [-0.05, 0) is 12.1 Å². The smallest absolute Gasteiger partial charge is 0.107 e. The van der Waals surface area contributed by atoms with Gasteiger partial charge in [-0.3, -0.25) is 0 Å². The van der Waals surface area contributed by atoms with Crippen LogP contribution in [0.4, 0.5) is 0 Å². The molecule has 0 bridgehead atoms. The van der Waals surface area contributed by atoms with Gasteiger partial charge in [-0.1, -0.05) is 10.3 Å². The quantitative estimate of drug-likeness (QED) is 0.370. The summed E-state index contributed by atoms with van der Waals surface area (Å²) in [5.74, 6) is 0. The van der Waals surface area contributed by atoms with Crippen LogP contribution in [0.5, 0.6) is 0 Å². The van der Waals surface area contributed by atoms with Crippen LogP contribution in [-0.2, 0) is 0 Å². The maximum atomic E-state index is 8.13. The summed E-state index contributed by atoms with van der Waals surface area (Å²) in [5, 5.41) is 29.0. The molecule has 12 heavy (non-hydrogen) atoms. The van der Waals surface area contributed by atoms with E-state index in [1.807, 2.05) is 0 Å². The number of hydrogen-bond donors (Lipinski definition) is 2. The van der Waals surface area contributed by atoms with Crippen molar-refractivity contribution in [3.63, 3.8) is 0 Å². The van der Waals surface area contributed by atoms with Gasteiger partial charge in [0.05, 0.1) is 12.4 Å². The molecule has 0 amide bonds. The summed E-state index contributed by atoms with van der Waals surface area (Å²) in [4.78, 5) is 0. The lowest BCUT2D eigenvalue weighted by Crippen LogP contribution is -1.95. The molecule has 0 unspecified atom stereocenters. The van der Waals surface area contributed by atoms with Crippen LogP contribution in [0.3, 0.4) is 0 Å². The van der Waals surface area contributed by atoms with Gasteiger partial charge in [-0.25, -0.2) is 0 Å². The topological polar surface area (TPSA) is 91.0 Å². The van der Waals surface area contributed by atoms with E-state index in [0.29, 0.717) is 11.4 Å². The third-order valence-electron chi connectivity index (χ3n) is 1.09. The average molecular weight is 166 g/mol. The zero-order valence-electron chi connectivity index (χ0n) is 5.99. The van der Waals surface area contributed by atoms with Crippen molar-refractivity contribution in [1.82, 2.24) is 10.2 Å². The number of hydrogen-bond acceptors (Lipinski definition) is 6. The van der Waals surface area contributed by atoms with E-state index in [2.05, 4.69) is 20.5 Å². The van der Waals surface area contributed by atoms with Gasteiger partial charge in [-0.15, -0.1) is 10.2 Å². The number of oxime groups is 2. The molecule has 0 saturated heterocycles. The molecule has 0 atom stereocenters. The molecule has 0 aliphatic carbocycles. The molecule has 2 N–H and O–H groups in total. The fraction of sp³-hybridized carbons (Fsp3) is 0. The minimum Gasteiger partial charge on any atom is -0.411 e. The Hall–Kier alpha value is -1.98. The Kier molecular flexibility index (Phi) is 2.72. The molecule has 0 saturated carbocycles. The number of rotatable bonds is 2. The maximum Gasteiger partial charge on any atom is 0.107 e. The van der Waals surface area contributed by atoms with Crippen LogP contribution in [0, 0.1) is 0 Å². The summed E-state index contributed by atoms with van der Waals surface area (Å²) >= 11 is 0. The first kappa shape index (κ1) is 8.12. The first-order valence-electron chi connectivity index (χ1n) is 3.05. The molecule has 6 nitrogen and oxygen atoms in total. The molecule has 0 aliphatic heterocycles. The van der Waals surface area contributed by atoms with Crippen LogP contribution in [0.1, 0.15) is 11.4 Å². The van der Waals surface area contributed by atoms with E-state index in [1.54, 1.807) is 12.1 Å². The molecule has 0 aliphatic rings. The van der Waals surface area contributed by atoms with Gasteiger partial charge in [-0.2, -0.15) is 0 Å². The summed E-state index contributed by atoms with van der Waals surface area (Å²) < 4.78 is 0. The Morgan fingerprint density at radius 1 is 1.00 bits per heavy atom. The molecular formula is C6H6N4O2. The van der Waals surface area contributed by atoms with Crippen LogP contribution in [0.15, 0.2) is 22.4 Å². The van der Waals surface area contributed by atoms with Gasteiger partial charge >= 0.3 is 0 Å². The van der Waals surface area contributed by atoms with Crippen molar-refractivity contribution >= 4 is 12.4 Å². The molecular weight excluding hydrogens is 160 g/mol. The monoisotopic (exact) mass is 166 g/mol. The fourth-order valence-corrected chi connectivity index (χ4v) is 0.609. The molecule has 0 aromatic carbocycles. The highest BCUT2D eigenvalue weighted by molar-refractivity contribution is 5.79. The summed E-state index contributed by atoms with van der Waals surface area (Å²) in [7, 11) is 0. The van der Waals surface area contributed by atoms with Gasteiger partial charge in [0.2, 0.25) is 0 Å². The van der Waals surface area contributed by atoms with Crippen molar-refractivity contribution in [3.05, 3.63) is 23.5 Å². The largest absolute Gasteiger partial charge is 0.411 e. The van der Waals surface area contributed by atoms with E-state index in [4.69, 9.17) is 10.4 Å². The van der Waals surface area contributed by atoms with Crippen molar-refractivity contribution < 1.29 is 10.4 Å². The normalized spacial score (nSPS) is 11.3. The molecule has 1 aromatic rings. The Labute approximate surface area is 67.9 Å². The second-order valence-corrected chi connectivity index (χ2v) is 1.87. The second-order valence-electron chi connectivity index (χ2n) is 1.87. The van der Waals surface area contributed by atoms with Gasteiger partial charge < -0.3 is 10.4 Å². The van der Waals surface area contributed by atoms with E-state index in [9.17, 15) is 0 Å². The van der Waals surface area contributed by atoms with Gasteiger partial charge in [0.25, 0.3) is 0 Å². The van der Waals surface area contributed by atoms with E-state index in [1.165, 1.54) is 0 Å². The number of aromatic nitrogens is 2. The Morgan fingerprint density at radius 2 is 1.42 bits per heavy atom. The molecule has 0 fully saturated rings. The van der Waals surface area contributed by atoms with Crippen molar-refractivity contribution in [1.29, 1.82) is 0 Å². The second kappa shape index (κ2) is 4.02. The average Bonchev–Trinajstić information content (AvgIpc) is 2.09. The summed E-state index contributed by atoms with van der Waals surface area (Å²) in [6.45, 7) is 0. The number of nitrogens with zero attached hydrogens (tertiary/aromatic N) is 4. The molecule has 1 rings (SSSR count). The predicted molar refractivity (Wildman–Crippen MR) is 40.8 cm³/mol. The van der Waals surface area contributed by atoms with Crippen molar-refractivity contribution in [2.45, 2.75) is 0 Å². The van der Waals surface area contributed by atoms with E-state index < -0.39 is 0 Å². The van der Waals surface area contributed by atoms with Crippen LogP contribution in [0.2, 0.25) is 0 Å². The summed E-state index contributed by atoms with van der Waals surface area (Å²) in [5.41, 5.74) is 0.847. The first-order chi connectivity index (χ1) is 5.86. The van der Waals surface area contributed by atoms with Crippen LogP contribution in [0.25, 0.3) is 0 Å². The minimum absolute atomic E-state index is 0.424.